The number of hydrogen-bond donors (Lipinski definition) is 0. The van der Waals surface area contributed by atoms with Gasteiger partial charge < -0.3 is 0 Å². The van der Waals surface area contributed by atoms with Crippen LogP contribution in [-0.2, 0) is 6.42 Å². The van der Waals surface area contributed by atoms with Crippen LogP contribution in [0.25, 0.3) is 0 Å². The number of halogens is 1. The van der Waals surface area contributed by atoms with Crippen LogP contribution in [-0.4, -0.2) is 6.16 Å². The molecule has 138 valence electrons. The second-order valence-corrected chi connectivity index (χ2v) is 11.4. The maximum atomic E-state index is 3.55. The van der Waals surface area contributed by atoms with Crippen molar-refractivity contribution in [2.75, 3.05) is 6.16 Å². The van der Waals surface area contributed by atoms with Crippen molar-refractivity contribution in [1.29, 1.82) is 0 Å². The van der Waals surface area contributed by atoms with Gasteiger partial charge in [0.25, 0.3) is 0 Å². The third-order valence-corrected chi connectivity index (χ3v) is 10.2. The summed E-state index contributed by atoms with van der Waals surface area (Å²) in [6, 6.07) is 42.0. The molecular formula is C26H23BrP+. The Labute approximate surface area is 176 Å². The van der Waals surface area contributed by atoms with E-state index in [9.17, 15) is 0 Å². The molecule has 0 radical (unpaired) electrons. The Kier molecular flexibility index (Phi) is 6.05. The lowest BCUT2D eigenvalue weighted by atomic mass is 10.2. The molecule has 0 aliphatic carbocycles. The van der Waals surface area contributed by atoms with E-state index in [1.807, 2.05) is 0 Å². The maximum absolute atomic E-state index is 3.55. The van der Waals surface area contributed by atoms with Crippen LogP contribution in [0.4, 0.5) is 0 Å². The Morgan fingerprint density at radius 3 is 1.29 bits per heavy atom. The number of hydrogen-bond acceptors (Lipinski definition) is 0. The summed E-state index contributed by atoms with van der Waals surface area (Å²) in [5, 5.41) is 4.35. The van der Waals surface area contributed by atoms with E-state index in [4.69, 9.17) is 0 Å². The van der Waals surface area contributed by atoms with E-state index < -0.39 is 7.26 Å². The summed E-state index contributed by atoms with van der Waals surface area (Å²) in [6.45, 7) is 0. The van der Waals surface area contributed by atoms with Crippen molar-refractivity contribution in [2.45, 2.75) is 6.42 Å². The molecule has 4 rings (SSSR count). The molecule has 0 bridgehead atoms. The highest BCUT2D eigenvalue weighted by Gasteiger charge is 2.44. The average molecular weight is 446 g/mol. The molecule has 4 aromatic carbocycles. The van der Waals surface area contributed by atoms with Crippen molar-refractivity contribution < 1.29 is 0 Å². The molecule has 0 amide bonds. The number of rotatable bonds is 6. The van der Waals surface area contributed by atoms with Crippen LogP contribution >= 0.6 is 23.2 Å². The van der Waals surface area contributed by atoms with Gasteiger partial charge in [-0.1, -0.05) is 82.7 Å². The molecule has 0 nitrogen and oxygen atoms in total. The summed E-state index contributed by atoms with van der Waals surface area (Å²) < 4.78 is 1.13. The predicted molar refractivity (Wildman–Crippen MR) is 128 cm³/mol. The molecule has 0 N–H and O–H groups in total. The minimum Gasteiger partial charge on any atom is -0.0620 e. The average Bonchev–Trinajstić information content (AvgIpc) is 2.78. The first-order chi connectivity index (χ1) is 13.8. The minimum atomic E-state index is -1.74. The molecule has 0 aromatic heterocycles. The van der Waals surface area contributed by atoms with E-state index in [-0.39, 0.29) is 0 Å². The largest absolute Gasteiger partial charge is 0.112 e. The quantitative estimate of drug-likeness (QED) is 0.320. The van der Waals surface area contributed by atoms with E-state index in [1.54, 1.807) is 0 Å². The molecule has 0 aliphatic rings. The van der Waals surface area contributed by atoms with E-state index in [0.717, 1.165) is 17.1 Å². The normalized spacial score (nSPS) is 11.3. The molecule has 0 fully saturated rings. The van der Waals surface area contributed by atoms with Crippen LogP contribution in [0.15, 0.2) is 120 Å². The van der Waals surface area contributed by atoms with Gasteiger partial charge in [0, 0.05) is 10.9 Å². The molecule has 0 atom stereocenters. The van der Waals surface area contributed by atoms with E-state index in [1.165, 1.54) is 21.5 Å². The van der Waals surface area contributed by atoms with Crippen molar-refractivity contribution in [3.05, 3.63) is 125 Å². The summed E-state index contributed by atoms with van der Waals surface area (Å²) in [5.74, 6) is 0. The lowest BCUT2D eigenvalue weighted by Gasteiger charge is -2.27. The molecule has 0 heterocycles. The third-order valence-electron chi connectivity index (χ3n) is 5.24. The van der Waals surface area contributed by atoms with Crippen molar-refractivity contribution in [1.82, 2.24) is 0 Å². The van der Waals surface area contributed by atoms with Crippen LogP contribution in [0.1, 0.15) is 5.56 Å². The molecule has 0 saturated carbocycles. The highest BCUT2D eigenvalue weighted by molar-refractivity contribution is 9.10. The molecule has 0 saturated heterocycles. The second-order valence-electron chi connectivity index (χ2n) is 6.92. The van der Waals surface area contributed by atoms with Gasteiger partial charge in [-0.15, -0.1) is 0 Å². The highest BCUT2D eigenvalue weighted by atomic mass is 79.9. The molecule has 2 heteroatoms. The zero-order chi connectivity index (χ0) is 19.2. The Bertz CT molecular complexity index is 900. The van der Waals surface area contributed by atoms with Crippen LogP contribution in [0.5, 0.6) is 0 Å². The van der Waals surface area contributed by atoms with Crippen LogP contribution < -0.4 is 15.9 Å². The van der Waals surface area contributed by atoms with Gasteiger partial charge in [-0.25, -0.2) is 0 Å². The summed E-state index contributed by atoms with van der Waals surface area (Å²) in [5.41, 5.74) is 1.38. The van der Waals surface area contributed by atoms with Gasteiger partial charge in [-0.2, -0.15) is 0 Å². The molecule has 28 heavy (non-hydrogen) atoms. The summed E-state index contributed by atoms with van der Waals surface area (Å²) in [7, 11) is -1.74. The van der Waals surface area contributed by atoms with Gasteiger partial charge in [-0.3, -0.25) is 0 Å². The monoisotopic (exact) mass is 445 g/mol. The summed E-state index contributed by atoms with van der Waals surface area (Å²) >= 11 is 3.55. The minimum absolute atomic E-state index is 1.06. The lowest BCUT2D eigenvalue weighted by Crippen LogP contribution is -2.34. The number of aryl methyl sites for hydroxylation is 1. The fourth-order valence-corrected chi connectivity index (χ4v) is 8.40. The van der Waals surface area contributed by atoms with Crippen LogP contribution in [0.2, 0.25) is 0 Å². The molecule has 0 aliphatic heterocycles. The van der Waals surface area contributed by atoms with Crippen molar-refractivity contribution in [2.24, 2.45) is 0 Å². The van der Waals surface area contributed by atoms with E-state index >= 15 is 0 Å². The van der Waals surface area contributed by atoms with Crippen molar-refractivity contribution in [3.63, 3.8) is 0 Å². The third kappa shape index (κ3) is 3.97. The zero-order valence-corrected chi connectivity index (χ0v) is 18.2. The standard InChI is InChI=1S/C26H23BrP/c27-23-18-16-22(17-19-23)20-21-28(24-10-4-1-5-11-24,25-12-6-2-7-13-25)26-14-8-3-9-15-26/h1-19H,20-21H2/q+1. The Morgan fingerprint density at radius 2 is 0.893 bits per heavy atom. The fraction of sp³-hybridized carbons (Fsp3) is 0.0769. The molecular weight excluding hydrogens is 423 g/mol. The summed E-state index contributed by atoms with van der Waals surface area (Å²) in [4.78, 5) is 0. The Balaban J connectivity index is 1.86. The SMILES string of the molecule is Brc1ccc(CC[P+](c2ccccc2)(c2ccccc2)c2ccccc2)cc1. The Morgan fingerprint density at radius 1 is 0.500 bits per heavy atom. The van der Waals surface area contributed by atoms with Gasteiger partial charge in [0.05, 0.1) is 6.16 Å². The van der Waals surface area contributed by atoms with Gasteiger partial charge >= 0.3 is 0 Å². The Hall–Kier alpha value is -2.21. The molecule has 0 unspecified atom stereocenters. The fourth-order valence-electron chi connectivity index (χ4n) is 3.83. The first-order valence-electron chi connectivity index (χ1n) is 9.58. The van der Waals surface area contributed by atoms with Crippen molar-refractivity contribution in [3.8, 4) is 0 Å². The van der Waals surface area contributed by atoms with E-state index in [0.29, 0.717) is 0 Å². The molecule has 4 aromatic rings. The first kappa shape index (κ1) is 19.1. The first-order valence-corrected chi connectivity index (χ1v) is 12.4. The van der Waals surface area contributed by atoms with Gasteiger partial charge in [0.1, 0.15) is 23.2 Å². The number of benzene rings is 4. The van der Waals surface area contributed by atoms with Gasteiger partial charge in [-0.05, 0) is 54.1 Å². The van der Waals surface area contributed by atoms with Crippen LogP contribution in [0.3, 0.4) is 0 Å². The van der Waals surface area contributed by atoms with Crippen LogP contribution in [0, 0.1) is 0 Å². The topological polar surface area (TPSA) is 0 Å². The maximum Gasteiger partial charge on any atom is 0.112 e. The summed E-state index contributed by atoms with van der Waals surface area (Å²) in [6.07, 6.45) is 2.17. The zero-order valence-electron chi connectivity index (χ0n) is 15.7. The predicted octanol–water partition coefficient (Wildman–Crippen LogP) is 5.99. The van der Waals surface area contributed by atoms with Gasteiger partial charge in [0.15, 0.2) is 0 Å². The highest BCUT2D eigenvalue weighted by Crippen LogP contribution is 2.55. The lowest BCUT2D eigenvalue weighted by molar-refractivity contribution is 1.14. The second kappa shape index (κ2) is 8.86. The van der Waals surface area contributed by atoms with Gasteiger partial charge in [0.2, 0.25) is 0 Å². The molecule has 0 spiro atoms. The van der Waals surface area contributed by atoms with Crippen molar-refractivity contribution >= 4 is 39.1 Å². The smallest absolute Gasteiger partial charge is 0.0620 e. The van der Waals surface area contributed by atoms with E-state index in [2.05, 4.69) is 131 Å².